The fourth-order valence-electron chi connectivity index (χ4n) is 4.62. The van der Waals surface area contributed by atoms with E-state index in [1.807, 2.05) is 34.6 Å². The van der Waals surface area contributed by atoms with E-state index in [-0.39, 0.29) is 47.3 Å². The molecule has 2 heterocycles. The van der Waals surface area contributed by atoms with Crippen LogP contribution in [0.3, 0.4) is 0 Å². The maximum absolute atomic E-state index is 14.6. The molecule has 1 amide bonds. The van der Waals surface area contributed by atoms with Crippen LogP contribution in [0.1, 0.15) is 58.6 Å². The molecule has 38 heavy (non-hydrogen) atoms. The molecule has 1 aromatic heterocycles. The number of halogens is 2. The topological polar surface area (TPSA) is 136 Å². The highest BCUT2D eigenvalue weighted by Gasteiger charge is 2.40. The Morgan fingerprint density at radius 3 is 2.61 bits per heavy atom. The van der Waals surface area contributed by atoms with Gasteiger partial charge in [-0.25, -0.2) is 24.4 Å². The minimum Gasteiger partial charge on any atom is -0.444 e. The summed E-state index contributed by atoms with van der Waals surface area (Å²) >= 11 is 0. The molecule has 1 aromatic rings. The minimum atomic E-state index is -1.10. The standard InChI is InChI=1S/C25H31F2N7O2.C2H6/c1-25(2,3)36-24(35)33-12-16-8-14(9-17(16)13-33)15-10-18(22(28)31-11-15)23(32-29)34(30)20-7-5-4-6-19(26)21(20)27;1-2/h4-5,7-8,10-11,16-17H,6,9,12-13,29-30H2,1-3H3,(H2,28,31);1-2H3/b32-23-;/t16-,17+;/m1./s1. The second-order valence-electron chi connectivity index (χ2n) is 10.1. The molecule has 4 rings (SSSR count). The third kappa shape index (κ3) is 6.21. The number of nitrogens with zero attached hydrogens (tertiary/aromatic N) is 4. The third-order valence-electron chi connectivity index (χ3n) is 6.33. The zero-order valence-electron chi connectivity index (χ0n) is 22.5. The van der Waals surface area contributed by atoms with Crippen molar-refractivity contribution >= 4 is 23.3 Å². The van der Waals surface area contributed by atoms with E-state index in [2.05, 4.69) is 16.2 Å². The van der Waals surface area contributed by atoms with Gasteiger partial charge in [-0.05, 0) is 62.3 Å². The molecule has 0 spiro atoms. The molecule has 9 nitrogen and oxygen atoms in total. The van der Waals surface area contributed by atoms with E-state index in [1.54, 1.807) is 17.2 Å². The maximum Gasteiger partial charge on any atom is 0.410 e. The van der Waals surface area contributed by atoms with Crippen molar-refractivity contribution in [2.75, 3.05) is 18.8 Å². The predicted molar refractivity (Wildman–Crippen MR) is 145 cm³/mol. The lowest BCUT2D eigenvalue weighted by atomic mass is 9.98. The Bertz CT molecular complexity index is 1210. The number of nitrogen functional groups attached to an aromatic ring is 1. The number of fused-ring (bicyclic) bond motifs is 1. The van der Waals surface area contributed by atoms with E-state index in [0.29, 0.717) is 13.1 Å². The Hall–Kier alpha value is -3.73. The number of nitrogens with two attached hydrogens (primary N) is 3. The van der Waals surface area contributed by atoms with Gasteiger partial charge in [-0.1, -0.05) is 32.1 Å². The summed E-state index contributed by atoms with van der Waals surface area (Å²) in [7, 11) is 0. The van der Waals surface area contributed by atoms with Gasteiger partial charge >= 0.3 is 6.09 Å². The molecule has 0 radical (unpaired) electrons. The second-order valence-corrected chi connectivity index (χ2v) is 10.1. The Balaban J connectivity index is 0.00000195. The highest BCUT2D eigenvalue weighted by atomic mass is 19.2. The Morgan fingerprint density at radius 1 is 1.26 bits per heavy atom. The van der Waals surface area contributed by atoms with Crippen molar-refractivity contribution < 1.29 is 18.3 Å². The molecule has 0 unspecified atom stereocenters. The largest absolute Gasteiger partial charge is 0.444 e. The first-order chi connectivity index (χ1) is 18.0. The van der Waals surface area contributed by atoms with Crippen LogP contribution in [-0.2, 0) is 4.74 Å². The summed E-state index contributed by atoms with van der Waals surface area (Å²) in [5.74, 6) is 10.1. The predicted octanol–water partition coefficient (Wildman–Crippen LogP) is 4.75. The van der Waals surface area contributed by atoms with Crippen molar-refractivity contribution in [2.45, 2.75) is 53.1 Å². The molecular weight excluding hydrogens is 492 g/mol. The van der Waals surface area contributed by atoms with Crippen LogP contribution in [0, 0.1) is 11.8 Å². The van der Waals surface area contributed by atoms with Gasteiger partial charge in [-0.2, -0.15) is 5.10 Å². The molecule has 2 atom stereocenters. The lowest BCUT2D eigenvalue weighted by molar-refractivity contribution is 0.0285. The number of pyridine rings is 1. The van der Waals surface area contributed by atoms with Crippen molar-refractivity contribution in [3.05, 3.63) is 65.0 Å². The number of amidine groups is 1. The first-order valence-corrected chi connectivity index (χ1v) is 12.7. The maximum atomic E-state index is 14.6. The lowest BCUT2D eigenvalue weighted by Gasteiger charge is -2.25. The van der Waals surface area contributed by atoms with Crippen LogP contribution < -0.4 is 17.4 Å². The molecule has 0 aromatic carbocycles. The summed E-state index contributed by atoms with van der Waals surface area (Å²) < 4.78 is 34.1. The molecule has 3 aliphatic rings. The molecule has 1 fully saturated rings. The first-order valence-electron chi connectivity index (χ1n) is 12.7. The smallest absolute Gasteiger partial charge is 0.410 e. The van der Waals surface area contributed by atoms with Crippen molar-refractivity contribution in [1.82, 2.24) is 14.9 Å². The average Bonchev–Trinajstić information content (AvgIpc) is 3.40. The highest BCUT2D eigenvalue weighted by molar-refractivity contribution is 6.03. The average molecular weight is 530 g/mol. The van der Waals surface area contributed by atoms with Gasteiger partial charge in [-0.15, -0.1) is 0 Å². The summed E-state index contributed by atoms with van der Waals surface area (Å²) in [5.41, 5.74) is 7.41. The number of carbonyl (C=O) groups is 1. The zero-order valence-corrected chi connectivity index (χ0v) is 22.5. The number of likely N-dealkylation sites (tertiary alicyclic amines) is 1. The Labute approximate surface area is 222 Å². The van der Waals surface area contributed by atoms with Crippen LogP contribution >= 0.6 is 0 Å². The van der Waals surface area contributed by atoms with Crippen LogP contribution in [0.25, 0.3) is 5.57 Å². The van der Waals surface area contributed by atoms with Gasteiger partial charge in [0.15, 0.2) is 11.7 Å². The summed E-state index contributed by atoms with van der Waals surface area (Å²) in [6.07, 6.45) is 8.30. The number of aromatic nitrogens is 1. The van der Waals surface area contributed by atoms with E-state index in [0.717, 1.165) is 22.6 Å². The lowest BCUT2D eigenvalue weighted by Crippen LogP contribution is -2.39. The van der Waals surface area contributed by atoms with Gasteiger partial charge in [0.1, 0.15) is 17.2 Å². The monoisotopic (exact) mass is 529 g/mol. The molecule has 11 heteroatoms. The Kier molecular flexibility index (Phi) is 8.93. The first kappa shape index (κ1) is 28.8. The van der Waals surface area contributed by atoms with E-state index >= 15 is 0 Å². The zero-order chi connectivity index (χ0) is 28.2. The SMILES string of the molecule is CC.CC(C)(C)OC(=O)N1C[C@@H]2CC(c3cnc(N)c(/C(=N/N)N(N)C4=CC=CCC(F)=C4F)c3)=C[C@@H]2C1. The number of rotatable bonds is 3. The number of hydrazine groups is 1. The highest BCUT2D eigenvalue weighted by Crippen LogP contribution is 2.41. The number of ether oxygens (including phenoxy) is 1. The van der Waals surface area contributed by atoms with Crippen LogP contribution in [-0.4, -0.2) is 45.5 Å². The van der Waals surface area contributed by atoms with Crippen molar-refractivity contribution in [2.24, 2.45) is 28.6 Å². The molecule has 0 bridgehead atoms. The Morgan fingerprint density at radius 2 is 1.97 bits per heavy atom. The van der Waals surface area contributed by atoms with Gasteiger partial charge < -0.3 is 21.2 Å². The number of hydrogen-bond donors (Lipinski definition) is 3. The normalized spacial score (nSPS) is 21.3. The molecular formula is C27H37F2N7O2. The number of hydrazone groups is 1. The van der Waals surface area contributed by atoms with E-state index < -0.39 is 17.3 Å². The van der Waals surface area contributed by atoms with E-state index in [4.69, 9.17) is 22.2 Å². The fraction of sp³-hybridized carbons (Fsp3) is 0.444. The third-order valence-corrected chi connectivity index (χ3v) is 6.33. The molecule has 6 N–H and O–H groups in total. The van der Waals surface area contributed by atoms with Crippen molar-refractivity contribution in [3.8, 4) is 0 Å². The summed E-state index contributed by atoms with van der Waals surface area (Å²) in [6, 6.07) is 1.73. The number of carbonyl (C=O) groups excluding carboxylic acids is 1. The summed E-state index contributed by atoms with van der Waals surface area (Å²) in [5, 5.41) is 4.57. The van der Waals surface area contributed by atoms with E-state index in [1.165, 1.54) is 18.2 Å². The minimum absolute atomic E-state index is 0.0683. The molecule has 1 saturated heterocycles. The van der Waals surface area contributed by atoms with Gasteiger partial charge in [0.05, 0.1) is 11.3 Å². The molecule has 0 saturated carbocycles. The van der Waals surface area contributed by atoms with Crippen molar-refractivity contribution in [3.63, 3.8) is 0 Å². The van der Waals surface area contributed by atoms with Gasteiger partial charge in [0.2, 0.25) is 0 Å². The second kappa shape index (κ2) is 11.8. The molecule has 2 aliphatic carbocycles. The number of anilines is 1. The van der Waals surface area contributed by atoms with Crippen LogP contribution in [0.2, 0.25) is 0 Å². The van der Waals surface area contributed by atoms with E-state index in [9.17, 15) is 13.6 Å². The number of hydrogen-bond acceptors (Lipinski definition) is 7. The number of amides is 1. The van der Waals surface area contributed by atoms with Crippen LogP contribution in [0.5, 0.6) is 0 Å². The van der Waals surface area contributed by atoms with Gasteiger partial charge in [0.25, 0.3) is 0 Å². The molecule has 1 aliphatic heterocycles. The molecule has 206 valence electrons. The van der Waals surface area contributed by atoms with Gasteiger partial charge in [-0.3, -0.25) is 5.01 Å². The summed E-state index contributed by atoms with van der Waals surface area (Å²) in [6.45, 7) is 10.7. The van der Waals surface area contributed by atoms with Crippen LogP contribution in [0.4, 0.5) is 19.4 Å². The van der Waals surface area contributed by atoms with Crippen LogP contribution in [0.15, 0.2) is 59.0 Å². The quantitative estimate of drug-likeness (QED) is 0.222. The number of allylic oxidation sites excluding steroid dienone is 6. The fourth-order valence-corrected chi connectivity index (χ4v) is 4.62. The summed E-state index contributed by atoms with van der Waals surface area (Å²) in [4.78, 5) is 18.5. The van der Waals surface area contributed by atoms with Gasteiger partial charge in [0, 0.05) is 25.7 Å². The van der Waals surface area contributed by atoms with Crippen molar-refractivity contribution in [1.29, 1.82) is 0 Å².